The number of halogens is 1. The Labute approximate surface area is 233 Å². The minimum absolute atomic E-state index is 0.100. The molecule has 7 nitrogen and oxygen atoms in total. The van der Waals surface area contributed by atoms with Gasteiger partial charge in [0.05, 0.1) is 19.8 Å². The number of aryl methyl sites for hydroxylation is 2. The number of ether oxygens (including phenoxy) is 2. The van der Waals surface area contributed by atoms with Crippen LogP contribution in [0.3, 0.4) is 0 Å². The van der Waals surface area contributed by atoms with Crippen molar-refractivity contribution in [2.75, 3.05) is 13.7 Å². The first-order valence-corrected chi connectivity index (χ1v) is 13.6. The zero-order valence-corrected chi connectivity index (χ0v) is 23.3. The summed E-state index contributed by atoms with van der Waals surface area (Å²) in [4.78, 5) is 15.5. The molecule has 2 N–H and O–H groups in total. The number of methoxy groups -OCH3 is 1. The van der Waals surface area contributed by atoms with E-state index in [0.717, 1.165) is 41.5 Å². The van der Waals surface area contributed by atoms with E-state index in [1.807, 2.05) is 38.1 Å². The number of phenolic OH excluding ortho intramolecular Hbond substituents is 1. The molecule has 0 spiro atoms. The molecule has 1 aliphatic heterocycles. The number of hydrogen-bond acceptors (Lipinski definition) is 5. The molecule has 0 aliphatic carbocycles. The topological polar surface area (TPSA) is 87.7 Å². The van der Waals surface area contributed by atoms with Crippen molar-refractivity contribution in [3.63, 3.8) is 0 Å². The number of phenols is 1. The van der Waals surface area contributed by atoms with Crippen molar-refractivity contribution in [1.29, 1.82) is 0 Å². The molecule has 3 aromatic carbocycles. The molecule has 1 amide bonds. The van der Waals surface area contributed by atoms with Crippen LogP contribution in [0.5, 0.6) is 17.2 Å². The Balaban J connectivity index is 1.61. The van der Waals surface area contributed by atoms with E-state index in [1.165, 1.54) is 12.1 Å². The van der Waals surface area contributed by atoms with E-state index in [-0.39, 0.29) is 24.0 Å². The summed E-state index contributed by atoms with van der Waals surface area (Å²) in [5.74, 6) is 0.733. The molecule has 0 saturated heterocycles. The van der Waals surface area contributed by atoms with Crippen LogP contribution in [0.4, 0.5) is 4.39 Å². The summed E-state index contributed by atoms with van der Waals surface area (Å²) in [5.41, 5.74) is 5.50. The van der Waals surface area contributed by atoms with Crippen LogP contribution in [0.25, 0.3) is 11.3 Å². The number of fused-ring (bicyclic) bond motifs is 1. The van der Waals surface area contributed by atoms with Crippen LogP contribution in [0.15, 0.2) is 54.6 Å². The van der Waals surface area contributed by atoms with E-state index in [2.05, 4.69) is 17.1 Å². The third-order valence-electron chi connectivity index (χ3n) is 7.33. The number of H-pyrrole nitrogens is 1. The van der Waals surface area contributed by atoms with Crippen LogP contribution in [-0.4, -0.2) is 39.8 Å². The summed E-state index contributed by atoms with van der Waals surface area (Å²) < 4.78 is 25.3. The van der Waals surface area contributed by atoms with Crippen LogP contribution in [-0.2, 0) is 6.54 Å². The van der Waals surface area contributed by atoms with Gasteiger partial charge in [-0.2, -0.15) is 5.10 Å². The molecule has 0 saturated carbocycles. The number of aromatic hydroxyl groups is 1. The van der Waals surface area contributed by atoms with Gasteiger partial charge in [-0.15, -0.1) is 0 Å². The molecule has 5 rings (SSSR count). The Morgan fingerprint density at radius 1 is 1.05 bits per heavy atom. The molecule has 2 heterocycles. The largest absolute Gasteiger partial charge is 0.507 e. The first-order chi connectivity index (χ1) is 19.3. The van der Waals surface area contributed by atoms with Gasteiger partial charge in [0.1, 0.15) is 23.0 Å². The molecule has 40 heavy (non-hydrogen) atoms. The molecular formula is C32H34FN3O4. The van der Waals surface area contributed by atoms with Crippen molar-refractivity contribution >= 4 is 5.91 Å². The molecule has 1 atom stereocenters. The average Bonchev–Trinajstić information content (AvgIpc) is 3.46. The quantitative estimate of drug-likeness (QED) is 0.213. The second-order valence-electron chi connectivity index (χ2n) is 10.3. The van der Waals surface area contributed by atoms with Gasteiger partial charge in [0.25, 0.3) is 5.91 Å². The van der Waals surface area contributed by atoms with Crippen molar-refractivity contribution in [2.45, 2.75) is 52.6 Å². The smallest absolute Gasteiger partial charge is 0.273 e. The maximum atomic E-state index is 13.8. The highest BCUT2D eigenvalue weighted by atomic mass is 19.1. The Kier molecular flexibility index (Phi) is 7.78. The third kappa shape index (κ3) is 5.13. The van der Waals surface area contributed by atoms with Crippen LogP contribution >= 0.6 is 0 Å². The van der Waals surface area contributed by atoms with Gasteiger partial charge in [0.2, 0.25) is 0 Å². The summed E-state index contributed by atoms with van der Waals surface area (Å²) in [5, 5.41) is 18.4. The van der Waals surface area contributed by atoms with Crippen LogP contribution < -0.4 is 9.47 Å². The lowest BCUT2D eigenvalue weighted by molar-refractivity contribution is 0.0730. The molecule has 208 valence electrons. The number of benzene rings is 3. The summed E-state index contributed by atoms with van der Waals surface area (Å²) in [6, 6.07) is 14.9. The van der Waals surface area contributed by atoms with E-state index < -0.39 is 6.04 Å². The van der Waals surface area contributed by atoms with Gasteiger partial charge in [0, 0.05) is 17.7 Å². The fraction of sp³-hybridized carbons (Fsp3) is 0.312. The van der Waals surface area contributed by atoms with Crippen molar-refractivity contribution < 1.29 is 23.8 Å². The molecule has 0 bridgehead atoms. The van der Waals surface area contributed by atoms with Gasteiger partial charge in [-0.3, -0.25) is 9.89 Å². The van der Waals surface area contributed by atoms with Gasteiger partial charge in [-0.05, 0) is 72.9 Å². The zero-order chi connectivity index (χ0) is 28.4. The van der Waals surface area contributed by atoms with E-state index in [1.54, 1.807) is 30.2 Å². The van der Waals surface area contributed by atoms with E-state index >= 15 is 0 Å². The second kappa shape index (κ2) is 11.4. The van der Waals surface area contributed by atoms with Crippen molar-refractivity contribution in [2.24, 2.45) is 0 Å². The highest BCUT2D eigenvalue weighted by molar-refractivity contribution is 6.00. The minimum Gasteiger partial charge on any atom is -0.507 e. The fourth-order valence-corrected chi connectivity index (χ4v) is 5.44. The number of rotatable bonds is 10. The first-order valence-electron chi connectivity index (χ1n) is 13.6. The number of aromatic amines is 1. The third-order valence-corrected chi connectivity index (χ3v) is 7.33. The van der Waals surface area contributed by atoms with Crippen LogP contribution in [0.1, 0.15) is 70.5 Å². The lowest BCUT2D eigenvalue weighted by Gasteiger charge is -2.27. The van der Waals surface area contributed by atoms with Crippen molar-refractivity contribution in [3.05, 3.63) is 93.9 Å². The Hall–Kier alpha value is -4.33. The average molecular weight is 544 g/mol. The molecule has 0 radical (unpaired) electrons. The van der Waals surface area contributed by atoms with E-state index in [9.17, 15) is 14.3 Å². The van der Waals surface area contributed by atoms with Gasteiger partial charge in [-0.25, -0.2) is 4.39 Å². The SMILES string of the molecule is CCCCCOc1ccc(C2c3c(-c4c(C)cc(C)cc4O)n[nH]c3C(=O)N2Cc2ccc(F)cc2)cc1OC. The number of nitrogens with zero attached hydrogens (tertiary/aromatic N) is 2. The lowest BCUT2D eigenvalue weighted by atomic mass is 9.93. The number of aromatic nitrogens is 2. The number of unbranched alkanes of at least 4 members (excludes halogenated alkanes) is 2. The molecule has 1 unspecified atom stereocenters. The molecule has 1 aliphatic rings. The monoisotopic (exact) mass is 543 g/mol. The fourth-order valence-electron chi connectivity index (χ4n) is 5.44. The van der Waals surface area contributed by atoms with Gasteiger partial charge in [-0.1, -0.05) is 44.0 Å². The normalized spacial score (nSPS) is 14.5. The molecule has 8 heteroatoms. The van der Waals surface area contributed by atoms with Crippen LogP contribution in [0, 0.1) is 19.7 Å². The number of carbonyl (C=O) groups excluding carboxylic acids is 1. The van der Waals surface area contributed by atoms with Gasteiger partial charge in [0.15, 0.2) is 11.5 Å². The molecular weight excluding hydrogens is 509 g/mol. The molecule has 4 aromatic rings. The Morgan fingerprint density at radius 3 is 2.52 bits per heavy atom. The van der Waals surface area contributed by atoms with E-state index in [0.29, 0.717) is 40.6 Å². The number of carbonyl (C=O) groups is 1. The highest BCUT2D eigenvalue weighted by Crippen LogP contribution is 2.47. The lowest BCUT2D eigenvalue weighted by Crippen LogP contribution is -2.29. The number of nitrogens with one attached hydrogen (secondary N) is 1. The number of amides is 1. The minimum atomic E-state index is -0.538. The predicted octanol–water partition coefficient (Wildman–Crippen LogP) is 6.86. The number of hydrogen-bond donors (Lipinski definition) is 2. The standard InChI is InChI=1S/C32H34FN3O4/c1-5-6-7-14-40-25-13-10-22(17-26(25)39-4)31-28-29(27-20(3)15-19(2)16-24(27)37)34-35-30(28)32(38)36(31)18-21-8-11-23(33)12-9-21/h8-13,15-17,31,37H,5-7,14,18H2,1-4H3,(H,34,35). The van der Waals surface area contributed by atoms with E-state index in [4.69, 9.17) is 9.47 Å². The molecule has 0 fully saturated rings. The van der Waals surface area contributed by atoms with Crippen molar-refractivity contribution in [1.82, 2.24) is 15.1 Å². The highest BCUT2D eigenvalue weighted by Gasteiger charge is 2.43. The maximum Gasteiger partial charge on any atom is 0.273 e. The van der Waals surface area contributed by atoms with Crippen LogP contribution in [0.2, 0.25) is 0 Å². The summed E-state index contributed by atoms with van der Waals surface area (Å²) in [7, 11) is 1.59. The van der Waals surface area contributed by atoms with Gasteiger partial charge < -0.3 is 19.5 Å². The van der Waals surface area contributed by atoms with Gasteiger partial charge >= 0.3 is 0 Å². The van der Waals surface area contributed by atoms with Crippen molar-refractivity contribution in [3.8, 4) is 28.5 Å². The zero-order valence-electron chi connectivity index (χ0n) is 23.3. The maximum absolute atomic E-state index is 13.8. The predicted molar refractivity (Wildman–Crippen MR) is 151 cm³/mol. The summed E-state index contributed by atoms with van der Waals surface area (Å²) >= 11 is 0. The second-order valence-corrected chi connectivity index (χ2v) is 10.3. The Morgan fingerprint density at radius 2 is 1.82 bits per heavy atom. The summed E-state index contributed by atoms with van der Waals surface area (Å²) in [6.07, 6.45) is 3.13. The summed E-state index contributed by atoms with van der Waals surface area (Å²) in [6.45, 7) is 6.82. The molecule has 1 aromatic heterocycles. The first kappa shape index (κ1) is 27.2. The Bertz CT molecular complexity index is 1510.